The second kappa shape index (κ2) is 11.9. The number of hydrogen-bond donors (Lipinski definition) is 0. The van der Waals surface area contributed by atoms with Gasteiger partial charge in [0.15, 0.2) is 17.5 Å². The SMILES string of the molecule is c1ccc(-c2nc(-c3ccccc3-c3cccc4oc5ccccc5c34)nc(-c3cccc4ccc(-c5cccc6ccccc56)cc34)n2)cc1. The zero-order chi connectivity index (χ0) is 33.7. The van der Waals surface area contributed by atoms with E-state index < -0.39 is 0 Å². The van der Waals surface area contributed by atoms with Gasteiger partial charge in [-0.05, 0) is 62.0 Å². The van der Waals surface area contributed by atoms with Gasteiger partial charge in [0.05, 0.1) is 0 Å². The van der Waals surface area contributed by atoms with Gasteiger partial charge in [0.2, 0.25) is 0 Å². The largest absolute Gasteiger partial charge is 0.456 e. The first-order valence-corrected chi connectivity index (χ1v) is 17.1. The van der Waals surface area contributed by atoms with Gasteiger partial charge < -0.3 is 4.42 Å². The minimum Gasteiger partial charge on any atom is -0.456 e. The van der Waals surface area contributed by atoms with E-state index in [9.17, 15) is 0 Å². The number of furan rings is 1. The highest BCUT2D eigenvalue weighted by molar-refractivity contribution is 6.13. The zero-order valence-corrected chi connectivity index (χ0v) is 27.5. The number of para-hydroxylation sites is 1. The highest BCUT2D eigenvalue weighted by atomic mass is 16.3. The molecule has 0 saturated heterocycles. The molecule has 4 nitrogen and oxygen atoms in total. The normalized spacial score (nSPS) is 11.5. The summed E-state index contributed by atoms with van der Waals surface area (Å²) in [5.41, 5.74) is 8.97. The maximum Gasteiger partial charge on any atom is 0.164 e. The van der Waals surface area contributed by atoms with Crippen molar-refractivity contribution in [1.29, 1.82) is 0 Å². The first-order valence-electron chi connectivity index (χ1n) is 17.1. The molecule has 0 bridgehead atoms. The van der Waals surface area contributed by atoms with Crippen LogP contribution in [-0.4, -0.2) is 15.0 Å². The highest BCUT2D eigenvalue weighted by Crippen LogP contribution is 2.41. The third-order valence-electron chi connectivity index (χ3n) is 9.75. The van der Waals surface area contributed by atoms with Gasteiger partial charge in [-0.3, -0.25) is 0 Å². The molecule has 0 saturated carbocycles. The lowest BCUT2D eigenvalue weighted by molar-refractivity contribution is 0.669. The Balaban J connectivity index is 1.20. The molecule has 0 spiro atoms. The molecule has 0 unspecified atom stereocenters. The Hall–Kier alpha value is -6.91. The molecule has 2 aromatic heterocycles. The zero-order valence-electron chi connectivity index (χ0n) is 27.5. The van der Waals surface area contributed by atoms with E-state index >= 15 is 0 Å². The van der Waals surface area contributed by atoms with E-state index in [2.05, 4.69) is 133 Å². The molecule has 10 rings (SSSR count). The smallest absolute Gasteiger partial charge is 0.164 e. The van der Waals surface area contributed by atoms with E-state index in [1.165, 1.54) is 16.3 Å². The Labute approximate surface area is 294 Å². The summed E-state index contributed by atoms with van der Waals surface area (Å²) in [6.07, 6.45) is 0. The van der Waals surface area contributed by atoms with Crippen LogP contribution in [0.4, 0.5) is 0 Å². The molecule has 10 aromatic rings. The fourth-order valence-electron chi connectivity index (χ4n) is 7.36. The van der Waals surface area contributed by atoms with Gasteiger partial charge in [-0.25, -0.2) is 15.0 Å². The van der Waals surface area contributed by atoms with Gasteiger partial charge >= 0.3 is 0 Å². The van der Waals surface area contributed by atoms with Crippen LogP contribution in [0.5, 0.6) is 0 Å². The first-order chi connectivity index (χ1) is 25.3. The van der Waals surface area contributed by atoms with Gasteiger partial charge in [-0.15, -0.1) is 0 Å². The molecule has 0 aliphatic heterocycles. The molecule has 0 fully saturated rings. The third kappa shape index (κ3) is 4.96. The summed E-state index contributed by atoms with van der Waals surface area (Å²) in [6, 6.07) is 61.0. The van der Waals surface area contributed by atoms with E-state index in [1.54, 1.807) is 0 Å². The molecule has 238 valence electrons. The summed E-state index contributed by atoms with van der Waals surface area (Å²) in [5, 5.41) is 6.81. The van der Waals surface area contributed by atoms with Gasteiger partial charge in [0.1, 0.15) is 11.2 Å². The van der Waals surface area contributed by atoms with E-state index in [4.69, 9.17) is 19.4 Å². The minimum absolute atomic E-state index is 0.612. The lowest BCUT2D eigenvalue weighted by Gasteiger charge is -2.14. The van der Waals surface area contributed by atoms with Crippen LogP contribution in [-0.2, 0) is 0 Å². The topological polar surface area (TPSA) is 51.8 Å². The molecule has 51 heavy (non-hydrogen) atoms. The molecule has 0 radical (unpaired) electrons. The first kappa shape index (κ1) is 29.0. The number of fused-ring (bicyclic) bond motifs is 5. The fourth-order valence-corrected chi connectivity index (χ4v) is 7.36. The van der Waals surface area contributed by atoms with E-state index in [-0.39, 0.29) is 0 Å². The highest BCUT2D eigenvalue weighted by Gasteiger charge is 2.20. The summed E-state index contributed by atoms with van der Waals surface area (Å²) in [6.45, 7) is 0. The summed E-state index contributed by atoms with van der Waals surface area (Å²) >= 11 is 0. The lowest BCUT2D eigenvalue weighted by atomic mass is 9.94. The van der Waals surface area contributed by atoms with Crippen molar-refractivity contribution in [1.82, 2.24) is 15.0 Å². The quantitative estimate of drug-likeness (QED) is 0.186. The van der Waals surface area contributed by atoms with Crippen LogP contribution in [0.3, 0.4) is 0 Å². The predicted molar refractivity (Wildman–Crippen MR) is 209 cm³/mol. The van der Waals surface area contributed by atoms with Crippen molar-refractivity contribution >= 4 is 43.5 Å². The number of benzene rings is 8. The van der Waals surface area contributed by atoms with Crippen LogP contribution in [0.15, 0.2) is 180 Å². The Morgan fingerprint density at radius 3 is 1.75 bits per heavy atom. The van der Waals surface area contributed by atoms with Crippen molar-refractivity contribution in [3.63, 3.8) is 0 Å². The number of rotatable bonds is 5. The summed E-state index contributed by atoms with van der Waals surface area (Å²) < 4.78 is 6.28. The molecule has 0 atom stereocenters. The van der Waals surface area contributed by atoms with Gasteiger partial charge in [0, 0.05) is 27.5 Å². The van der Waals surface area contributed by atoms with Gasteiger partial charge in [0.25, 0.3) is 0 Å². The van der Waals surface area contributed by atoms with E-state index in [0.29, 0.717) is 17.5 Å². The Morgan fingerprint density at radius 1 is 0.314 bits per heavy atom. The second-order valence-corrected chi connectivity index (χ2v) is 12.8. The summed E-state index contributed by atoms with van der Waals surface area (Å²) in [5.74, 6) is 1.86. The van der Waals surface area contributed by atoms with Gasteiger partial charge in [-0.1, -0.05) is 158 Å². The summed E-state index contributed by atoms with van der Waals surface area (Å²) in [4.78, 5) is 15.6. The molecule has 0 aliphatic carbocycles. The predicted octanol–water partition coefficient (Wildman–Crippen LogP) is 12.4. The number of nitrogens with zero attached hydrogens (tertiary/aromatic N) is 3. The molecule has 0 aliphatic rings. The summed E-state index contributed by atoms with van der Waals surface area (Å²) in [7, 11) is 0. The van der Waals surface area contributed by atoms with Crippen molar-refractivity contribution < 1.29 is 4.42 Å². The Bertz CT molecular complexity index is 2920. The maximum absolute atomic E-state index is 6.28. The standard InChI is InChI=1S/C47H29N3O/c1-2-14-32(15-3-1)45-48-46(38-20-7-6-19-36(38)37-23-12-26-43-44(37)40-21-8-9-25-42(40)51-43)50-47(49-45)39-24-11-17-31-27-28-33(29-41(31)39)35-22-10-16-30-13-4-5-18-34(30)35/h1-29H. The second-order valence-electron chi connectivity index (χ2n) is 12.8. The molecule has 0 N–H and O–H groups in total. The average molecular weight is 652 g/mol. The van der Waals surface area contributed by atoms with Crippen LogP contribution < -0.4 is 0 Å². The van der Waals surface area contributed by atoms with Crippen molar-refractivity contribution in [2.75, 3.05) is 0 Å². The van der Waals surface area contributed by atoms with Crippen molar-refractivity contribution in [2.24, 2.45) is 0 Å². The monoisotopic (exact) mass is 651 g/mol. The minimum atomic E-state index is 0.612. The molecule has 2 heterocycles. The van der Waals surface area contributed by atoms with E-state index in [0.717, 1.165) is 66.1 Å². The molecule has 8 aromatic carbocycles. The molecule has 0 amide bonds. The van der Waals surface area contributed by atoms with Crippen molar-refractivity contribution in [3.8, 4) is 56.4 Å². The van der Waals surface area contributed by atoms with Crippen LogP contribution in [0.25, 0.3) is 99.9 Å². The molecular formula is C47H29N3O. The average Bonchev–Trinajstić information content (AvgIpc) is 3.59. The van der Waals surface area contributed by atoms with Crippen molar-refractivity contribution in [2.45, 2.75) is 0 Å². The molecule has 4 heteroatoms. The third-order valence-corrected chi connectivity index (χ3v) is 9.75. The number of aromatic nitrogens is 3. The van der Waals surface area contributed by atoms with Crippen LogP contribution in [0.2, 0.25) is 0 Å². The van der Waals surface area contributed by atoms with Crippen LogP contribution in [0, 0.1) is 0 Å². The fraction of sp³-hybridized carbons (Fsp3) is 0. The Kier molecular flexibility index (Phi) is 6.78. The van der Waals surface area contributed by atoms with Gasteiger partial charge in [-0.2, -0.15) is 0 Å². The van der Waals surface area contributed by atoms with Crippen LogP contribution >= 0.6 is 0 Å². The number of hydrogen-bond acceptors (Lipinski definition) is 4. The van der Waals surface area contributed by atoms with Crippen molar-refractivity contribution in [3.05, 3.63) is 176 Å². The lowest BCUT2D eigenvalue weighted by Crippen LogP contribution is -2.01. The Morgan fingerprint density at radius 2 is 0.882 bits per heavy atom. The molecular weight excluding hydrogens is 623 g/mol. The van der Waals surface area contributed by atoms with Crippen LogP contribution in [0.1, 0.15) is 0 Å². The van der Waals surface area contributed by atoms with E-state index in [1.807, 2.05) is 42.5 Å². The maximum atomic E-state index is 6.28.